The number of nitrogens with zero attached hydrogens (tertiary/aromatic N) is 1. The number of nitrogens with two attached hydrogens (primary N) is 1. The highest BCUT2D eigenvalue weighted by atomic mass is 16.5. The molecule has 0 aliphatic carbocycles. The van der Waals surface area contributed by atoms with Gasteiger partial charge in [0.05, 0.1) is 6.61 Å². The van der Waals surface area contributed by atoms with Crippen LogP contribution < -0.4 is 5.73 Å². The van der Waals surface area contributed by atoms with Crippen molar-refractivity contribution in [3.05, 3.63) is 0 Å². The van der Waals surface area contributed by atoms with Crippen LogP contribution in [0.1, 0.15) is 19.3 Å². The maximum absolute atomic E-state index is 6.04. The Morgan fingerprint density at radius 1 is 1.25 bits per heavy atom. The Morgan fingerprint density at radius 2 is 2.00 bits per heavy atom. The van der Waals surface area contributed by atoms with Crippen molar-refractivity contribution in [1.29, 1.82) is 0 Å². The van der Waals surface area contributed by atoms with Crippen molar-refractivity contribution in [2.45, 2.75) is 31.3 Å². The SMILES string of the molecule is N[C@H]1CCOC[C@H]1N1CCCC1. The lowest BCUT2D eigenvalue weighted by Crippen LogP contribution is -2.52. The van der Waals surface area contributed by atoms with Gasteiger partial charge in [-0.05, 0) is 32.4 Å². The number of rotatable bonds is 1. The van der Waals surface area contributed by atoms with Gasteiger partial charge in [0.2, 0.25) is 0 Å². The van der Waals surface area contributed by atoms with E-state index in [1.165, 1.54) is 25.9 Å². The minimum absolute atomic E-state index is 0.344. The van der Waals surface area contributed by atoms with Gasteiger partial charge in [0, 0.05) is 18.7 Å². The Kier molecular flexibility index (Phi) is 2.63. The molecule has 2 N–H and O–H groups in total. The zero-order valence-electron chi connectivity index (χ0n) is 7.54. The normalized spacial score (nSPS) is 38.8. The van der Waals surface area contributed by atoms with Gasteiger partial charge in [-0.2, -0.15) is 0 Å². The van der Waals surface area contributed by atoms with E-state index in [0.717, 1.165) is 19.6 Å². The second kappa shape index (κ2) is 3.73. The highest BCUT2D eigenvalue weighted by molar-refractivity contribution is 4.86. The van der Waals surface area contributed by atoms with Gasteiger partial charge < -0.3 is 10.5 Å². The van der Waals surface area contributed by atoms with Crippen LogP contribution in [0.25, 0.3) is 0 Å². The van der Waals surface area contributed by atoms with E-state index in [4.69, 9.17) is 10.5 Å². The molecule has 0 saturated carbocycles. The van der Waals surface area contributed by atoms with Crippen LogP contribution in [0.4, 0.5) is 0 Å². The van der Waals surface area contributed by atoms with Gasteiger partial charge in [-0.3, -0.25) is 4.90 Å². The molecule has 12 heavy (non-hydrogen) atoms. The summed E-state index contributed by atoms with van der Waals surface area (Å²) in [5.41, 5.74) is 6.04. The van der Waals surface area contributed by atoms with Gasteiger partial charge in [-0.1, -0.05) is 0 Å². The average molecular weight is 170 g/mol. The molecule has 0 aromatic rings. The summed E-state index contributed by atoms with van der Waals surface area (Å²) in [4.78, 5) is 2.49. The molecule has 2 aliphatic heterocycles. The molecule has 0 spiro atoms. The van der Waals surface area contributed by atoms with Crippen LogP contribution >= 0.6 is 0 Å². The summed E-state index contributed by atoms with van der Waals surface area (Å²) in [7, 11) is 0. The highest BCUT2D eigenvalue weighted by Crippen LogP contribution is 2.17. The molecule has 0 unspecified atom stereocenters. The molecule has 2 fully saturated rings. The van der Waals surface area contributed by atoms with Crippen LogP contribution in [0.3, 0.4) is 0 Å². The summed E-state index contributed by atoms with van der Waals surface area (Å²) in [6.45, 7) is 4.15. The van der Waals surface area contributed by atoms with Crippen LogP contribution in [-0.2, 0) is 4.74 Å². The number of hydrogen-bond acceptors (Lipinski definition) is 3. The summed E-state index contributed by atoms with van der Waals surface area (Å²) < 4.78 is 5.44. The molecule has 0 amide bonds. The van der Waals surface area contributed by atoms with Gasteiger partial charge in [-0.25, -0.2) is 0 Å². The molecule has 0 bridgehead atoms. The quantitative estimate of drug-likeness (QED) is 0.611. The molecule has 70 valence electrons. The predicted molar refractivity (Wildman–Crippen MR) is 48.0 cm³/mol. The van der Waals surface area contributed by atoms with Crippen LogP contribution in [-0.4, -0.2) is 43.3 Å². The molecule has 2 heterocycles. The summed E-state index contributed by atoms with van der Waals surface area (Å²) in [5.74, 6) is 0. The minimum atomic E-state index is 0.344. The van der Waals surface area contributed by atoms with E-state index in [0.29, 0.717) is 12.1 Å². The maximum Gasteiger partial charge on any atom is 0.0636 e. The van der Waals surface area contributed by atoms with Gasteiger partial charge in [-0.15, -0.1) is 0 Å². The molecular weight excluding hydrogens is 152 g/mol. The molecule has 2 aliphatic rings. The van der Waals surface area contributed by atoms with Crippen molar-refractivity contribution in [2.24, 2.45) is 5.73 Å². The Bertz CT molecular complexity index is 145. The first-order valence-electron chi connectivity index (χ1n) is 4.95. The minimum Gasteiger partial charge on any atom is -0.380 e. The van der Waals surface area contributed by atoms with E-state index in [-0.39, 0.29) is 0 Å². The summed E-state index contributed by atoms with van der Waals surface area (Å²) in [6.07, 6.45) is 3.70. The first kappa shape index (κ1) is 8.48. The summed E-state index contributed by atoms with van der Waals surface area (Å²) in [6, 6.07) is 0.845. The van der Waals surface area contributed by atoms with Crippen molar-refractivity contribution in [2.75, 3.05) is 26.3 Å². The van der Waals surface area contributed by atoms with E-state index in [1.807, 2.05) is 0 Å². The van der Waals surface area contributed by atoms with E-state index < -0.39 is 0 Å². The molecule has 0 aromatic heterocycles. The zero-order valence-corrected chi connectivity index (χ0v) is 7.54. The molecule has 0 radical (unpaired) electrons. The third-order valence-electron chi connectivity index (χ3n) is 2.99. The lowest BCUT2D eigenvalue weighted by atomic mass is 10.0. The Labute approximate surface area is 73.9 Å². The molecule has 3 heteroatoms. The number of hydrogen-bond donors (Lipinski definition) is 1. The van der Waals surface area contributed by atoms with Gasteiger partial charge in [0.25, 0.3) is 0 Å². The largest absolute Gasteiger partial charge is 0.380 e. The highest BCUT2D eigenvalue weighted by Gasteiger charge is 2.29. The molecule has 0 aromatic carbocycles. The van der Waals surface area contributed by atoms with Gasteiger partial charge in [0.15, 0.2) is 0 Å². The van der Waals surface area contributed by atoms with Crippen molar-refractivity contribution in [1.82, 2.24) is 4.90 Å². The fourth-order valence-corrected chi connectivity index (χ4v) is 2.19. The monoisotopic (exact) mass is 170 g/mol. The summed E-state index contributed by atoms with van der Waals surface area (Å²) >= 11 is 0. The molecular formula is C9H18N2O. The van der Waals surface area contributed by atoms with Crippen LogP contribution in [0, 0.1) is 0 Å². The maximum atomic E-state index is 6.04. The van der Waals surface area contributed by atoms with E-state index in [9.17, 15) is 0 Å². The standard InChI is InChI=1S/C9H18N2O/c10-8-3-6-12-7-9(8)11-4-1-2-5-11/h8-9H,1-7,10H2/t8-,9+/m0/s1. The Morgan fingerprint density at radius 3 is 2.67 bits per heavy atom. The lowest BCUT2D eigenvalue weighted by Gasteiger charge is -2.35. The van der Waals surface area contributed by atoms with Crippen LogP contribution in [0.2, 0.25) is 0 Å². The first-order valence-corrected chi connectivity index (χ1v) is 4.95. The smallest absolute Gasteiger partial charge is 0.0636 e. The second-order valence-corrected chi connectivity index (χ2v) is 3.84. The number of ether oxygens (including phenoxy) is 1. The zero-order chi connectivity index (χ0) is 8.39. The molecule has 2 saturated heterocycles. The summed E-state index contributed by atoms with van der Waals surface area (Å²) in [5, 5.41) is 0. The van der Waals surface area contributed by atoms with Crippen molar-refractivity contribution in [3.63, 3.8) is 0 Å². The van der Waals surface area contributed by atoms with Crippen LogP contribution in [0.5, 0.6) is 0 Å². The van der Waals surface area contributed by atoms with Crippen LogP contribution in [0.15, 0.2) is 0 Å². The predicted octanol–water partition coefficient (Wildman–Crippen LogP) is 0.198. The van der Waals surface area contributed by atoms with Crippen molar-refractivity contribution >= 4 is 0 Å². The average Bonchev–Trinajstić information content (AvgIpc) is 2.57. The van der Waals surface area contributed by atoms with E-state index in [2.05, 4.69) is 4.90 Å². The van der Waals surface area contributed by atoms with Crippen molar-refractivity contribution < 1.29 is 4.74 Å². The topological polar surface area (TPSA) is 38.5 Å². The molecule has 2 rings (SSSR count). The fraction of sp³-hybridized carbons (Fsp3) is 1.00. The fourth-order valence-electron chi connectivity index (χ4n) is 2.19. The Balaban J connectivity index is 1.91. The molecule has 2 atom stereocenters. The Hall–Kier alpha value is -0.120. The second-order valence-electron chi connectivity index (χ2n) is 3.84. The first-order chi connectivity index (χ1) is 5.88. The van der Waals surface area contributed by atoms with Gasteiger partial charge in [0.1, 0.15) is 0 Å². The number of likely N-dealkylation sites (tertiary alicyclic amines) is 1. The van der Waals surface area contributed by atoms with Crippen molar-refractivity contribution in [3.8, 4) is 0 Å². The lowest BCUT2D eigenvalue weighted by molar-refractivity contribution is 0.0145. The van der Waals surface area contributed by atoms with E-state index >= 15 is 0 Å². The third-order valence-corrected chi connectivity index (χ3v) is 2.99. The van der Waals surface area contributed by atoms with E-state index in [1.54, 1.807) is 0 Å². The third kappa shape index (κ3) is 1.63. The molecule has 3 nitrogen and oxygen atoms in total. The van der Waals surface area contributed by atoms with Gasteiger partial charge >= 0.3 is 0 Å².